The standard InChI is InChI=1S/C23H18ClNO5/c24-16-8-6-14(7-9-16)10-11-25-20(15-3-1-4-17(26)13-15)19(22(28)23(25)29)21(27)18-5-2-12-30-18/h1-9,12-13,20,26,28H,10-11H2. The lowest BCUT2D eigenvalue weighted by Gasteiger charge is -2.27. The number of carbonyl (C=O) groups excluding carboxylic acids is 2. The Bertz CT molecular complexity index is 1120. The molecule has 0 fully saturated rings. The number of carbonyl (C=O) groups is 2. The van der Waals surface area contributed by atoms with Crippen molar-refractivity contribution in [1.29, 1.82) is 0 Å². The topological polar surface area (TPSA) is 91.0 Å². The number of aromatic hydroxyl groups is 1. The fraction of sp³-hybridized carbons (Fsp3) is 0.130. The Kier molecular flexibility index (Phi) is 5.33. The Hall–Kier alpha value is -3.51. The van der Waals surface area contributed by atoms with Crippen LogP contribution in [0.25, 0.3) is 0 Å². The summed E-state index contributed by atoms with van der Waals surface area (Å²) in [5.74, 6) is -1.82. The van der Waals surface area contributed by atoms with Crippen LogP contribution in [-0.4, -0.2) is 33.3 Å². The molecular weight excluding hydrogens is 406 g/mol. The molecule has 2 N–H and O–H groups in total. The minimum atomic E-state index is -0.852. The fourth-order valence-corrected chi connectivity index (χ4v) is 3.72. The largest absolute Gasteiger partial charge is 0.508 e. The van der Waals surface area contributed by atoms with E-state index < -0.39 is 23.5 Å². The van der Waals surface area contributed by atoms with Crippen LogP contribution in [0.3, 0.4) is 0 Å². The van der Waals surface area contributed by atoms with Crippen LogP contribution in [0.2, 0.25) is 5.02 Å². The Morgan fingerprint density at radius 1 is 1.07 bits per heavy atom. The molecule has 4 rings (SSSR count). The van der Waals surface area contributed by atoms with Crippen molar-refractivity contribution in [1.82, 2.24) is 4.90 Å². The van der Waals surface area contributed by atoms with Gasteiger partial charge in [0.25, 0.3) is 5.91 Å². The summed E-state index contributed by atoms with van der Waals surface area (Å²) in [5, 5.41) is 21.1. The van der Waals surface area contributed by atoms with Gasteiger partial charge in [-0.25, -0.2) is 0 Å². The van der Waals surface area contributed by atoms with Gasteiger partial charge in [-0.1, -0.05) is 35.9 Å². The van der Waals surface area contributed by atoms with Crippen molar-refractivity contribution < 1.29 is 24.2 Å². The van der Waals surface area contributed by atoms with E-state index in [0.717, 1.165) is 5.56 Å². The average molecular weight is 424 g/mol. The van der Waals surface area contributed by atoms with E-state index in [2.05, 4.69) is 0 Å². The predicted molar refractivity (Wildman–Crippen MR) is 110 cm³/mol. The van der Waals surface area contributed by atoms with E-state index in [1.54, 1.807) is 30.3 Å². The van der Waals surface area contributed by atoms with Crippen molar-refractivity contribution in [2.45, 2.75) is 12.5 Å². The summed E-state index contributed by atoms with van der Waals surface area (Å²) in [6.07, 6.45) is 1.84. The number of amides is 1. The molecule has 0 saturated heterocycles. The Morgan fingerprint density at radius 2 is 1.83 bits per heavy atom. The van der Waals surface area contributed by atoms with Crippen molar-refractivity contribution in [3.05, 3.63) is 100 Å². The van der Waals surface area contributed by atoms with Crippen LogP contribution in [0, 0.1) is 0 Å². The summed E-state index contributed by atoms with van der Waals surface area (Å²) in [4.78, 5) is 27.3. The highest BCUT2D eigenvalue weighted by Gasteiger charge is 2.44. The maximum absolute atomic E-state index is 13.0. The first-order chi connectivity index (χ1) is 14.5. The summed E-state index contributed by atoms with van der Waals surface area (Å²) in [5.41, 5.74) is 1.39. The number of Topliss-reactive ketones (excluding diaryl/α,β-unsaturated/α-hetero) is 1. The lowest BCUT2D eigenvalue weighted by atomic mass is 9.94. The van der Waals surface area contributed by atoms with E-state index >= 15 is 0 Å². The van der Waals surface area contributed by atoms with Gasteiger partial charge in [-0.2, -0.15) is 0 Å². The first-order valence-electron chi connectivity index (χ1n) is 9.31. The lowest BCUT2D eigenvalue weighted by molar-refractivity contribution is -0.129. The predicted octanol–water partition coefficient (Wildman–Crippen LogP) is 4.46. The zero-order valence-corrected chi connectivity index (χ0v) is 16.5. The molecule has 0 spiro atoms. The molecule has 2 heterocycles. The smallest absolute Gasteiger partial charge is 0.290 e. The van der Waals surface area contributed by atoms with Gasteiger partial charge in [0.05, 0.1) is 17.9 Å². The molecule has 0 radical (unpaired) electrons. The summed E-state index contributed by atoms with van der Waals surface area (Å²) in [6.45, 7) is 0.250. The number of halogens is 1. The second-order valence-corrected chi connectivity index (χ2v) is 7.38. The quantitative estimate of drug-likeness (QED) is 0.571. The second kappa shape index (κ2) is 8.08. The number of aliphatic hydroxyl groups is 1. The zero-order valence-electron chi connectivity index (χ0n) is 15.8. The average Bonchev–Trinajstić information content (AvgIpc) is 3.35. The first-order valence-corrected chi connectivity index (χ1v) is 9.69. The molecule has 2 aromatic carbocycles. The number of rotatable bonds is 6. The Balaban J connectivity index is 1.71. The molecule has 3 aromatic rings. The third kappa shape index (κ3) is 3.69. The molecule has 0 aliphatic carbocycles. The van der Waals surface area contributed by atoms with Crippen molar-refractivity contribution in [2.75, 3.05) is 6.54 Å². The molecule has 1 amide bonds. The molecule has 0 saturated carbocycles. The Morgan fingerprint density at radius 3 is 2.50 bits per heavy atom. The van der Waals surface area contributed by atoms with Crippen molar-refractivity contribution >= 4 is 23.3 Å². The summed E-state index contributed by atoms with van der Waals surface area (Å²) >= 11 is 5.93. The van der Waals surface area contributed by atoms with Crippen molar-refractivity contribution in [3.63, 3.8) is 0 Å². The molecule has 7 heteroatoms. The second-order valence-electron chi connectivity index (χ2n) is 6.94. The SMILES string of the molecule is O=C(C1=C(O)C(=O)N(CCc2ccc(Cl)cc2)C1c1cccc(O)c1)c1ccco1. The molecule has 0 bridgehead atoms. The van der Waals surface area contributed by atoms with Gasteiger partial charge in [-0.3, -0.25) is 9.59 Å². The molecule has 1 aromatic heterocycles. The molecule has 1 aliphatic heterocycles. The number of phenols is 1. The van der Waals surface area contributed by atoms with Crippen LogP contribution in [0.15, 0.2) is 82.7 Å². The van der Waals surface area contributed by atoms with Crippen LogP contribution < -0.4 is 0 Å². The number of furan rings is 1. The van der Waals surface area contributed by atoms with Crippen molar-refractivity contribution in [2.24, 2.45) is 0 Å². The first kappa shape index (κ1) is 19.8. The van der Waals surface area contributed by atoms with Gasteiger partial charge in [-0.15, -0.1) is 0 Å². The van der Waals surface area contributed by atoms with Gasteiger partial charge in [-0.05, 0) is 53.9 Å². The highest BCUT2D eigenvalue weighted by atomic mass is 35.5. The number of nitrogens with zero attached hydrogens (tertiary/aromatic N) is 1. The van der Waals surface area contributed by atoms with Gasteiger partial charge in [0.1, 0.15) is 5.75 Å². The number of ketones is 1. The highest BCUT2D eigenvalue weighted by Crippen LogP contribution is 2.39. The molecule has 1 aliphatic rings. The number of hydrogen-bond acceptors (Lipinski definition) is 5. The van der Waals surface area contributed by atoms with Crippen LogP contribution >= 0.6 is 11.6 Å². The molecule has 30 heavy (non-hydrogen) atoms. The number of aliphatic hydroxyl groups excluding tert-OH is 1. The maximum atomic E-state index is 13.0. The minimum absolute atomic E-state index is 0.00575. The van der Waals surface area contributed by atoms with E-state index in [0.29, 0.717) is 17.0 Å². The van der Waals surface area contributed by atoms with Crippen LogP contribution in [0.1, 0.15) is 27.7 Å². The van der Waals surface area contributed by atoms with Crippen LogP contribution in [-0.2, 0) is 11.2 Å². The van der Waals surface area contributed by atoms with E-state index in [4.69, 9.17) is 16.0 Å². The summed E-state index contributed by atoms with van der Waals surface area (Å²) in [6, 6.07) is 15.7. The number of benzene rings is 2. The zero-order chi connectivity index (χ0) is 21.3. The molecule has 1 unspecified atom stereocenters. The van der Waals surface area contributed by atoms with E-state index in [1.165, 1.54) is 29.4 Å². The highest BCUT2D eigenvalue weighted by molar-refractivity contribution is 6.30. The van der Waals surface area contributed by atoms with E-state index in [-0.39, 0.29) is 23.6 Å². The summed E-state index contributed by atoms with van der Waals surface area (Å²) < 4.78 is 5.19. The van der Waals surface area contributed by atoms with Crippen LogP contribution in [0.4, 0.5) is 0 Å². The van der Waals surface area contributed by atoms with Gasteiger partial charge in [0.15, 0.2) is 11.5 Å². The van der Waals surface area contributed by atoms with Gasteiger partial charge < -0.3 is 19.5 Å². The minimum Gasteiger partial charge on any atom is -0.508 e. The monoisotopic (exact) mass is 423 g/mol. The van der Waals surface area contributed by atoms with E-state index in [1.807, 2.05) is 12.1 Å². The molecule has 6 nitrogen and oxygen atoms in total. The Labute approximate surface area is 177 Å². The van der Waals surface area contributed by atoms with Crippen LogP contribution in [0.5, 0.6) is 5.75 Å². The summed E-state index contributed by atoms with van der Waals surface area (Å²) in [7, 11) is 0. The third-order valence-electron chi connectivity index (χ3n) is 5.03. The normalized spacial score (nSPS) is 16.4. The third-order valence-corrected chi connectivity index (χ3v) is 5.29. The number of hydrogen-bond donors (Lipinski definition) is 2. The lowest BCUT2D eigenvalue weighted by Crippen LogP contribution is -2.33. The van der Waals surface area contributed by atoms with Crippen molar-refractivity contribution in [3.8, 4) is 5.75 Å². The van der Waals surface area contributed by atoms with Gasteiger partial charge in [0.2, 0.25) is 5.78 Å². The molecular formula is C23H18ClNO5. The van der Waals surface area contributed by atoms with Gasteiger partial charge in [0, 0.05) is 11.6 Å². The van der Waals surface area contributed by atoms with E-state index in [9.17, 15) is 19.8 Å². The number of phenolic OH excluding ortho intramolecular Hbond substituents is 1. The molecule has 1 atom stereocenters. The molecule has 152 valence electrons. The maximum Gasteiger partial charge on any atom is 0.290 e. The fourth-order valence-electron chi connectivity index (χ4n) is 3.60. The van der Waals surface area contributed by atoms with Gasteiger partial charge >= 0.3 is 0 Å².